The summed E-state index contributed by atoms with van der Waals surface area (Å²) in [5.41, 5.74) is 1.62. The van der Waals surface area contributed by atoms with Crippen molar-refractivity contribution in [1.82, 2.24) is 0 Å². The number of carbonyl (C=O) groups excluding carboxylic acids is 2. The third-order valence-electron chi connectivity index (χ3n) is 6.03. The molecule has 0 radical (unpaired) electrons. The Bertz CT molecular complexity index is 1110. The predicted octanol–water partition coefficient (Wildman–Crippen LogP) is 5.73. The molecule has 1 aliphatic rings. The molecule has 0 spiro atoms. The normalized spacial score (nSPS) is 14.6. The molecule has 1 atom stereocenters. The summed E-state index contributed by atoms with van der Waals surface area (Å²) in [6.45, 7) is 7.58. The van der Waals surface area contributed by atoms with Crippen LogP contribution < -0.4 is 4.74 Å². The van der Waals surface area contributed by atoms with Gasteiger partial charge >= 0.3 is 5.97 Å². The first-order valence-electron chi connectivity index (χ1n) is 12.1. The lowest BCUT2D eigenvalue weighted by atomic mass is 9.80. The molecule has 0 saturated heterocycles. The summed E-state index contributed by atoms with van der Waals surface area (Å²) in [4.78, 5) is 38.5. The molecule has 6 nitrogen and oxygen atoms in total. The van der Waals surface area contributed by atoms with E-state index in [-0.39, 0.29) is 17.7 Å². The number of carboxylic acids is 1. The number of carboxylic acid groups (broad SMARTS) is 1. The Kier molecular flexibility index (Phi) is 8.62. The largest absolute Gasteiger partial charge is 0.493 e. The Morgan fingerprint density at radius 3 is 2.29 bits per heavy atom. The molecule has 2 aromatic rings. The van der Waals surface area contributed by atoms with Crippen molar-refractivity contribution < 1.29 is 29.0 Å². The van der Waals surface area contributed by atoms with Crippen molar-refractivity contribution in [2.75, 3.05) is 13.2 Å². The van der Waals surface area contributed by atoms with E-state index in [9.17, 15) is 19.5 Å². The average molecular weight is 479 g/mol. The number of ketones is 2. The van der Waals surface area contributed by atoms with Gasteiger partial charge in [-0.25, -0.2) is 4.79 Å². The lowest BCUT2D eigenvalue weighted by Crippen LogP contribution is -2.38. The van der Waals surface area contributed by atoms with Crippen LogP contribution >= 0.6 is 0 Å². The number of hydrogen-bond acceptors (Lipinski definition) is 5. The molecule has 0 heterocycles. The third kappa shape index (κ3) is 6.06. The second-order valence-corrected chi connectivity index (χ2v) is 9.86. The fourth-order valence-electron chi connectivity index (χ4n) is 4.26. The zero-order valence-electron chi connectivity index (χ0n) is 20.9. The number of hydrogen-bond donors (Lipinski definition) is 1. The van der Waals surface area contributed by atoms with Crippen LogP contribution in [0.1, 0.15) is 74.9 Å². The monoisotopic (exact) mass is 478 g/mol. The maximum atomic E-state index is 13.4. The van der Waals surface area contributed by atoms with Crippen LogP contribution in [0.15, 0.2) is 54.1 Å². The van der Waals surface area contributed by atoms with Gasteiger partial charge in [0.2, 0.25) is 11.6 Å². The van der Waals surface area contributed by atoms with Gasteiger partial charge in [-0.05, 0) is 34.6 Å². The van der Waals surface area contributed by atoms with E-state index < -0.39 is 29.1 Å². The number of Topliss-reactive ketones (excluding diaryl/α,β-unsaturated/α-hetero) is 2. The van der Waals surface area contributed by atoms with E-state index in [1.165, 1.54) is 0 Å². The van der Waals surface area contributed by atoms with Crippen molar-refractivity contribution in [3.05, 3.63) is 70.8 Å². The average Bonchev–Trinajstić information content (AvgIpc) is 2.81. The highest BCUT2D eigenvalue weighted by Gasteiger charge is 2.38. The number of fused-ring (bicyclic) bond motifs is 1. The molecular formula is C29H34O6. The second kappa shape index (κ2) is 11.5. The summed E-state index contributed by atoms with van der Waals surface area (Å²) in [6, 6.07) is 14.6. The van der Waals surface area contributed by atoms with Crippen LogP contribution in [0.4, 0.5) is 0 Å². The fourth-order valence-corrected chi connectivity index (χ4v) is 4.26. The number of unbranched alkanes of at least 4 members (excludes halogenated alkanes) is 3. The first kappa shape index (κ1) is 26.4. The summed E-state index contributed by atoms with van der Waals surface area (Å²) in [6.07, 6.45) is 2.98. The summed E-state index contributed by atoms with van der Waals surface area (Å²) in [5.74, 6) is -2.08. The minimum atomic E-state index is -1.14. The Hall–Kier alpha value is -3.25. The van der Waals surface area contributed by atoms with E-state index in [1.807, 2.05) is 30.3 Å². The van der Waals surface area contributed by atoms with E-state index in [0.29, 0.717) is 23.5 Å². The number of rotatable bonds is 11. The molecule has 1 unspecified atom stereocenters. The zero-order valence-corrected chi connectivity index (χ0v) is 20.9. The van der Waals surface area contributed by atoms with E-state index in [1.54, 1.807) is 39.0 Å². The second-order valence-electron chi connectivity index (χ2n) is 9.86. The third-order valence-corrected chi connectivity index (χ3v) is 6.03. The maximum Gasteiger partial charge on any atom is 0.333 e. The van der Waals surface area contributed by atoms with Gasteiger partial charge in [-0.1, -0.05) is 89.4 Å². The van der Waals surface area contributed by atoms with Crippen LogP contribution in [0, 0.1) is 5.41 Å². The minimum absolute atomic E-state index is 0.157. The molecule has 0 bridgehead atoms. The molecule has 35 heavy (non-hydrogen) atoms. The molecule has 0 amide bonds. The summed E-state index contributed by atoms with van der Waals surface area (Å²) in [7, 11) is 0. The Morgan fingerprint density at radius 1 is 0.943 bits per heavy atom. The van der Waals surface area contributed by atoms with Crippen LogP contribution in [0.5, 0.6) is 5.75 Å². The van der Waals surface area contributed by atoms with Crippen molar-refractivity contribution in [3.8, 4) is 5.75 Å². The van der Waals surface area contributed by atoms with E-state index in [0.717, 1.165) is 31.2 Å². The highest BCUT2D eigenvalue weighted by molar-refractivity contribution is 6.53. The SMILES string of the molecule is CCCCCCOc1cccc2c1C(=O)C(=O)C(COC(C(=O)O)C(C)(C)C)=C2c1ccccc1. The van der Waals surface area contributed by atoms with E-state index >= 15 is 0 Å². The Morgan fingerprint density at radius 2 is 1.66 bits per heavy atom. The Balaban J connectivity index is 2.06. The molecule has 0 fully saturated rings. The smallest absolute Gasteiger partial charge is 0.333 e. The van der Waals surface area contributed by atoms with Gasteiger partial charge in [0.05, 0.1) is 18.8 Å². The van der Waals surface area contributed by atoms with Gasteiger partial charge in [-0.15, -0.1) is 0 Å². The van der Waals surface area contributed by atoms with Gasteiger partial charge in [-0.2, -0.15) is 0 Å². The Labute approximate surface area is 207 Å². The first-order chi connectivity index (χ1) is 16.7. The molecule has 1 aliphatic carbocycles. The van der Waals surface area contributed by atoms with Gasteiger partial charge in [0.1, 0.15) is 5.75 Å². The van der Waals surface area contributed by atoms with Gasteiger partial charge in [0, 0.05) is 5.57 Å². The first-order valence-corrected chi connectivity index (χ1v) is 12.1. The van der Waals surface area contributed by atoms with Gasteiger partial charge in [-0.3, -0.25) is 9.59 Å². The number of aliphatic carboxylic acids is 1. The van der Waals surface area contributed by atoms with Crippen molar-refractivity contribution in [2.24, 2.45) is 5.41 Å². The molecule has 2 aromatic carbocycles. The number of ether oxygens (including phenoxy) is 2. The van der Waals surface area contributed by atoms with Crippen LogP contribution in [0.3, 0.4) is 0 Å². The highest BCUT2D eigenvalue weighted by atomic mass is 16.5. The molecule has 6 heteroatoms. The zero-order chi connectivity index (χ0) is 25.6. The molecule has 186 valence electrons. The summed E-state index contributed by atoms with van der Waals surface area (Å²) >= 11 is 0. The molecule has 1 N–H and O–H groups in total. The quantitative estimate of drug-likeness (QED) is 0.328. The minimum Gasteiger partial charge on any atom is -0.493 e. The molecule has 0 aromatic heterocycles. The van der Waals surface area contributed by atoms with Crippen LogP contribution in [0.25, 0.3) is 5.57 Å². The maximum absolute atomic E-state index is 13.4. The molecule has 0 aliphatic heterocycles. The van der Waals surface area contributed by atoms with Crippen LogP contribution in [-0.4, -0.2) is 42.0 Å². The highest BCUT2D eigenvalue weighted by Crippen LogP contribution is 2.39. The predicted molar refractivity (Wildman–Crippen MR) is 135 cm³/mol. The van der Waals surface area contributed by atoms with Gasteiger partial charge in [0.15, 0.2) is 6.10 Å². The van der Waals surface area contributed by atoms with E-state index in [4.69, 9.17) is 9.47 Å². The molecule has 3 rings (SSSR count). The topological polar surface area (TPSA) is 89.9 Å². The van der Waals surface area contributed by atoms with Crippen LogP contribution in [-0.2, 0) is 14.3 Å². The van der Waals surface area contributed by atoms with Crippen molar-refractivity contribution in [1.29, 1.82) is 0 Å². The summed E-state index contributed by atoms with van der Waals surface area (Å²) < 4.78 is 11.7. The van der Waals surface area contributed by atoms with Crippen molar-refractivity contribution >= 4 is 23.1 Å². The number of carbonyl (C=O) groups is 3. The van der Waals surface area contributed by atoms with Gasteiger partial charge in [0.25, 0.3) is 0 Å². The van der Waals surface area contributed by atoms with E-state index in [2.05, 4.69) is 6.92 Å². The fraction of sp³-hybridized carbons (Fsp3) is 0.414. The lowest BCUT2D eigenvalue weighted by Gasteiger charge is -2.29. The summed E-state index contributed by atoms with van der Waals surface area (Å²) in [5, 5.41) is 9.66. The van der Waals surface area contributed by atoms with Gasteiger partial charge < -0.3 is 14.6 Å². The van der Waals surface area contributed by atoms with Crippen molar-refractivity contribution in [3.63, 3.8) is 0 Å². The van der Waals surface area contributed by atoms with Crippen LogP contribution in [0.2, 0.25) is 0 Å². The molecule has 0 saturated carbocycles. The molecular weight excluding hydrogens is 444 g/mol. The standard InChI is InChI=1S/C29H34O6/c1-5-6-7-11-17-34-22-16-12-15-20-23(19-13-9-8-10-14-19)21(25(30)26(31)24(20)22)18-35-27(28(32)33)29(2,3)4/h8-10,12-16,27H,5-7,11,17-18H2,1-4H3,(H,32,33). The number of benzene rings is 2. The van der Waals surface area contributed by atoms with Crippen molar-refractivity contribution in [2.45, 2.75) is 59.5 Å². The lowest BCUT2D eigenvalue weighted by molar-refractivity contribution is -0.157.